The van der Waals surface area contributed by atoms with Crippen molar-refractivity contribution in [2.75, 3.05) is 5.73 Å². The van der Waals surface area contributed by atoms with Gasteiger partial charge in [-0.15, -0.1) is 11.3 Å². The summed E-state index contributed by atoms with van der Waals surface area (Å²) in [4.78, 5) is 0. The topological polar surface area (TPSA) is 26.0 Å². The van der Waals surface area contributed by atoms with Crippen molar-refractivity contribution in [2.24, 2.45) is 0 Å². The Balaban J connectivity index is 1.96. The Morgan fingerprint density at radius 2 is 1.82 bits per heavy atom. The maximum absolute atomic E-state index is 5.94. The molecule has 0 aliphatic rings. The van der Waals surface area contributed by atoms with Crippen LogP contribution in [0.2, 0.25) is 0 Å². The predicted molar refractivity (Wildman–Crippen MR) is 101 cm³/mol. The summed E-state index contributed by atoms with van der Waals surface area (Å²) in [6.07, 6.45) is 8.99. The van der Waals surface area contributed by atoms with E-state index in [4.69, 9.17) is 5.73 Å². The number of fused-ring (bicyclic) bond motifs is 3. The molecule has 0 saturated heterocycles. The summed E-state index contributed by atoms with van der Waals surface area (Å²) in [6, 6.07) is 12.8. The van der Waals surface area contributed by atoms with Crippen LogP contribution in [0.3, 0.4) is 0 Å². The largest absolute Gasteiger partial charge is 0.399 e. The fraction of sp³-hybridized carbons (Fsp3) is 0.100. The van der Waals surface area contributed by atoms with Gasteiger partial charge in [0.1, 0.15) is 0 Å². The highest BCUT2D eigenvalue weighted by Crippen LogP contribution is 2.35. The molecule has 3 rings (SSSR count). The molecule has 1 nitrogen and oxygen atoms in total. The van der Waals surface area contributed by atoms with Crippen LogP contribution >= 0.6 is 11.3 Å². The number of nitrogens with two attached hydrogens (primary N) is 1. The predicted octanol–water partition coefficient (Wildman–Crippen LogP) is 5.87. The second kappa shape index (κ2) is 6.20. The van der Waals surface area contributed by atoms with Crippen LogP contribution in [0.4, 0.5) is 5.69 Å². The first kappa shape index (κ1) is 14.6. The minimum atomic E-state index is 0.816. The van der Waals surface area contributed by atoms with Gasteiger partial charge in [-0.05, 0) is 49.2 Å². The molecule has 0 atom stereocenters. The number of hydrogen-bond acceptors (Lipinski definition) is 2. The first-order valence-corrected chi connectivity index (χ1v) is 8.17. The summed E-state index contributed by atoms with van der Waals surface area (Å²) >= 11 is 1.81. The van der Waals surface area contributed by atoms with Gasteiger partial charge in [-0.3, -0.25) is 0 Å². The molecule has 1 heterocycles. The lowest BCUT2D eigenvalue weighted by Crippen LogP contribution is -1.86. The molecule has 110 valence electrons. The zero-order chi connectivity index (χ0) is 15.5. The number of benzene rings is 2. The Morgan fingerprint density at radius 1 is 1.09 bits per heavy atom. The molecular weight excluding hydrogens is 286 g/mol. The van der Waals surface area contributed by atoms with Gasteiger partial charge in [0.15, 0.2) is 0 Å². The van der Waals surface area contributed by atoms with Gasteiger partial charge in [0.25, 0.3) is 0 Å². The van der Waals surface area contributed by atoms with E-state index in [1.807, 2.05) is 42.6 Å². The molecule has 0 saturated carbocycles. The molecule has 2 N–H and O–H groups in total. The molecule has 22 heavy (non-hydrogen) atoms. The Hall–Kier alpha value is -2.32. The Bertz CT molecular complexity index is 897. The van der Waals surface area contributed by atoms with E-state index < -0.39 is 0 Å². The quantitative estimate of drug-likeness (QED) is 0.473. The fourth-order valence-electron chi connectivity index (χ4n) is 2.58. The lowest BCUT2D eigenvalue weighted by atomic mass is 10.0. The van der Waals surface area contributed by atoms with Crippen LogP contribution in [0.1, 0.15) is 12.5 Å². The van der Waals surface area contributed by atoms with Crippen molar-refractivity contribution < 1.29 is 0 Å². The third-order valence-electron chi connectivity index (χ3n) is 3.62. The lowest BCUT2D eigenvalue weighted by Gasteiger charge is -2.02. The molecule has 2 aromatic carbocycles. The SMILES string of the molecule is C=C(/C=C\C=C/C)Cc1ccc2sc3ccc(N)cc3c2c1. The van der Waals surface area contributed by atoms with Gasteiger partial charge in [0.05, 0.1) is 0 Å². The first-order chi connectivity index (χ1) is 10.7. The van der Waals surface area contributed by atoms with E-state index in [0.717, 1.165) is 17.7 Å². The monoisotopic (exact) mass is 305 g/mol. The second-order valence-electron chi connectivity index (χ2n) is 5.41. The van der Waals surface area contributed by atoms with Gasteiger partial charge in [-0.1, -0.05) is 42.5 Å². The minimum absolute atomic E-state index is 0.816. The van der Waals surface area contributed by atoms with Crippen LogP contribution in [0.5, 0.6) is 0 Å². The number of anilines is 1. The zero-order valence-corrected chi connectivity index (χ0v) is 13.5. The number of rotatable bonds is 4. The highest BCUT2D eigenvalue weighted by atomic mass is 32.1. The summed E-state index contributed by atoms with van der Waals surface area (Å²) in [5, 5.41) is 2.53. The van der Waals surface area contributed by atoms with E-state index in [-0.39, 0.29) is 0 Å². The third-order valence-corrected chi connectivity index (χ3v) is 4.78. The molecule has 2 heteroatoms. The third kappa shape index (κ3) is 2.97. The Labute approximate surface area is 135 Å². The smallest absolute Gasteiger partial charge is 0.0356 e. The van der Waals surface area contributed by atoms with Crippen LogP contribution < -0.4 is 5.73 Å². The average Bonchev–Trinajstić information content (AvgIpc) is 2.85. The van der Waals surface area contributed by atoms with E-state index in [2.05, 4.69) is 43.0 Å². The first-order valence-electron chi connectivity index (χ1n) is 7.35. The van der Waals surface area contributed by atoms with Gasteiger partial charge >= 0.3 is 0 Å². The van der Waals surface area contributed by atoms with Crippen molar-refractivity contribution in [3.8, 4) is 0 Å². The summed E-state index contributed by atoms with van der Waals surface area (Å²) in [7, 11) is 0. The Morgan fingerprint density at radius 3 is 2.59 bits per heavy atom. The van der Waals surface area contributed by atoms with E-state index in [0.29, 0.717) is 0 Å². The van der Waals surface area contributed by atoms with E-state index in [1.165, 1.54) is 25.7 Å². The van der Waals surface area contributed by atoms with Crippen LogP contribution in [0.15, 0.2) is 72.9 Å². The molecule has 0 aliphatic heterocycles. The number of thiophene rings is 1. The maximum atomic E-state index is 5.94. The highest BCUT2D eigenvalue weighted by molar-refractivity contribution is 7.25. The molecule has 0 bridgehead atoms. The number of nitrogen functional groups attached to an aromatic ring is 1. The highest BCUT2D eigenvalue weighted by Gasteiger charge is 2.06. The van der Waals surface area contributed by atoms with Crippen molar-refractivity contribution in [1.29, 1.82) is 0 Å². The van der Waals surface area contributed by atoms with E-state index in [1.54, 1.807) is 0 Å². The van der Waals surface area contributed by atoms with Gasteiger partial charge < -0.3 is 5.73 Å². The molecular formula is C20H19NS. The van der Waals surface area contributed by atoms with Gasteiger partial charge in [0.2, 0.25) is 0 Å². The minimum Gasteiger partial charge on any atom is -0.399 e. The molecule has 3 aromatic rings. The summed E-state index contributed by atoms with van der Waals surface area (Å²) in [5.41, 5.74) is 9.14. The second-order valence-corrected chi connectivity index (χ2v) is 6.49. The van der Waals surface area contributed by atoms with Crippen molar-refractivity contribution in [3.63, 3.8) is 0 Å². The van der Waals surface area contributed by atoms with E-state index in [9.17, 15) is 0 Å². The molecule has 0 radical (unpaired) electrons. The molecule has 1 aromatic heterocycles. The summed E-state index contributed by atoms with van der Waals surface area (Å²) < 4.78 is 2.59. The van der Waals surface area contributed by atoms with Crippen LogP contribution in [-0.2, 0) is 6.42 Å². The van der Waals surface area contributed by atoms with Gasteiger partial charge in [-0.2, -0.15) is 0 Å². The molecule has 0 aliphatic carbocycles. The van der Waals surface area contributed by atoms with Crippen LogP contribution in [-0.4, -0.2) is 0 Å². The lowest BCUT2D eigenvalue weighted by molar-refractivity contribution is 1.22. The summed E-state index contributed by atoms with van der Waals surface area (Å²) in [5.74, 6) is 0. The number of allylic oxidation sites excluding steroid dienone is 5. The van der Waals surface area contributed by atoms with Gasteiger partial charge in [0, 0.05) is 25.9 Å². The summed E-state index contributed by atoms with van der Waals surface area (Å²) in [6.45, 7) is 6.14. The van der Waals surface area contributed by atoms with Crippen molar-refractivity contribution in [1.82, 2.24) is 0 Å². The molecule has 0 spiro atoms. The van der Waals surface area contributed by atoms with Crippen molar-refractivity contribution >= 4 is 37.2 Å². The molecule has 0 fully saturated rings. The average molecular weight is 305 g/mol. The van der Waals surface area contributed by atoms with Crippen molar-refractivity contribution in [2.45, 2.75) is 13.3 Å². The fourth-order valence-corrected chi connectivity index (χ4v) is 3.64. The van der Waals surface area contributed by atoms with Crippen LogP contribution in [0, 0.1) is 0 Å². The molecule has 0 amide bonds. The van der Waals surface area contributed by atoms with Crippen molar-refractivity contribution in [3.05, 3.63) is 78.4 Å². The normalized spacial score (nSPS) is 12.0. The maximum Gasteiger partial charge on any atom is 0.0356 e. The Kier molecular flexibility index (Phi) is 4.12. The number of hydrogen-bond donors (Lipinski definition) is 1. The zero-order valence-electron chi connectivity index (χ0n) is 12.7. The van der Waals surface area contributed by atoms with Gasteiger partial charge in [-0.25, -0.2) is 0 Å². The standard InChI is InChI=1S/C20H19NS/c1-3-4-5-6-14(2)11-15-7-9-19-17(12-15)18-13-16(21)8-10-20(18)22-19/h3-10,12-13H,2,11,21H2,1H3/b4-3-,6-5-. The van der Waals surface area contributed by atoms with E-state index >= 15 is 0 Å². The molecule has 0 unspecified atom stereocenters. The van der Waals surface area contributed by atoms with Crippen LogP contribution in [0.25, 0.3) is 20.2 Å².